The van der Waals surface area contributed by atoms with E-state index < -0.39 is 0 Å². The Morgan fingerprint density at radius 1 is 1.78 bits per heavy atom. The second-order valence-corrected chi connectivity index (χ2v) is 2.95. The molecule has 0 bridgehead atoms. The molecular formula is C8H12O. The second-order valence-electron chi connectivity index (χ2n) is 2.95. The highest BCUT2D eigenvalue weighted by atomic mass is 16.5. The lowest BCUT2D eigenvalue weighted by atomic mass is 10.0. The highest BCUT2D eigenvalue weighted by Crippen LogP contribution is 2.27. The van der Waals surface area contributed by atoms with Crippen molar-refractivity contribution in [1.29, 1.82) is 0 Å². The van der Waals surface area contributed by atoms with Gasteiger partial charge in [0.2, 0.25) is 0 Å². The van der Waals surface area contributed by atoms with Crippen LogP contribution in [0.1, 0.15) is 20.3 Å². The van der Waals surface area contributed by atoms with Crippen LogP contribution in [0.15, 0.2) is 24.5 Å². The minimum absolute atomic E-state index is 0.00350. The fourth-order valence-electron chi connectivity index (χ4n) is 0.930. The summed E-state index contributed by atoms with van der Waals surface area (Å²) in [6.07, 6.45) is 4.61. The number of allylic oxidation sites excluding steroid dienone is 1. The van der Waals surface area contributed by atoms with E-state index in [9.17, 15) is 0 Å². The molecule has 1 nitrogen and oxygen atoms in total. The molecule has 0 unspecified atom stereocenters. The summed E-state index contributed by atoms with van der Waals surface area (Å²) in [6.45, 7) is 7.80. The molecule has 0 atom stereocenters. The third-order valence-electron chi connectivity index (χ3n) is 1.42. The highest BCUT2D eigenvalue weighted by Gasteiger charge is 2.24. The Morgan fingerprint density at radius 3 is 2.67 bits per heavy atom. The molecule has 0 spiro atoms. The molecular weight excluding hydrogens is 112 g/mol. The normalized spacial score (nSPS) is 22.7. The van der Waals surface area contributed by atoms with Gasteiger partial charge in [-0.05, 0) is 19.4 Å². The van der Waals surface area contributed by atoms with E-state index in [1.165, 1.54) is 5.57 Å². The lowest BCUT2D eigenvalue weighted by Crippen LogP contribution is -2.16. The molecule has 1 aliphatic heterocycles. The Labute approximate surface area is 56.0 Å². The maximum atomic E-state index is 5.31. The zero-order chi connectivity index (χ0) is 6.91. The van der Waals surface area contributed by atoms with E-state index in [2.05, 4.69) is 20.4 Å². The zero-order valence-corrected chi connectivity index (χ0v) is 5.98. The van der Waals surface area contributed by atoms with Gasteiger partial charge in [-0.3, -0.25) is 0 Å². The van der Waals surface area contributed by atoms with Crippen molar-refractivity contribution in [2.24, 2.45) is 0 Å². The van der Waals surface area contributed by atoms with Gasteiger partial charge in [-0.2, -0.15) is 0 Å². The van der Waals surface area contributed by atoms with E-state index in [1.54, 1.807) is 6.26 Å². The molecule has 0 fully saturated rings. The summed E-state index contributed by atoms with van der Waals surface area (Å²) >= 11 is 0. The third-order valence-corrected chi connectivity index (χ3v) is 1.42. The van der Waals surface area contributed by atoms with Gasteiger partial charge in [-0.15, -0.1) is 0 Å². The minimum atomic E-state index is 0.00350. The molecule has 1 heteroatoms. The Hall–Kier alpha value is -0.720. The topological polar surface area (TPSA) is 9.23 Å². The highest BCUT2D eigenvalue weighted by molar-refractivity contribution is 5.19. The molecule has 0 N–H and O–H groups in total. The fraction of sp³-hybridized carbons (Fsp3) is 0.500. The van der Waals surface area contributed by atoms with Crippen LogP contribution in [-0.2, 0) is 4.74 Å². The molecule has 0 aromatic carbocycles. The molecule has 0 radical (unpaired) electrons. The summed E-state index contributed by atoms with van der Waals surface area (Å²) in [5, 5.41) is 0. The lowest BCUT2D eigenvalue weighted by Gasteiger charge is -2.16. The van der Waals surface area contributed by atoms with Crippen LogP contribution in [0.4, 0.5) is 0 Å². The van der Waals surface area contributed by atoms with Gasteiger partial charge in [0.25, 0.3) is 0 Å². The van der Waals surface area contributed by atoms with Crippen molar-refractivity contribution in [2.75, 3.05) is 0 Å². The smallest absolute Gasteiger partial charge is 0.107 e. The summed E-state index contributed by atoms with van der Waals surface area (Å²) in [4.78, 5) is 0. The number of ether oxygens (including phenoxy) is 1. The monoisotopic (exact) mass is 124 g/mol. The molecule has 50 valence electrons. The number of hydrogen-bond acceptors (Lipinski definition) is 1. The molecule has 0 saturated heterocycles. The first-order valence-electron chi connectivity index (χ1n) is 3.13. The van der Waals surface area contributed by atoms with E-state index in [0.29, 0.717) is 0 Å². The third kappa shape index (κ3) is 1.35. The largest absolute Gasteiger partial charge is 0.495 e. The van der Waals surface area contributed by atoms with Crippen LogP contribution >= 0.6 is 0 Å². The maximum absolute atomic E-state index is 5.31. The van der Waals surface area contributed by atoms with Gasteiger partial charge in [0.05, 0.1) is 6.26 Å². The second kappa shape index (κ2) is 1.90. The van der Waals surface area contributed by atoms with Crippen molar-refractivity contribution in [3.63, 3.8) is 0 Å². The van der Waals surface area contributed by atoms with Crippen molar-refractivity contribution < 1.29 is 4.74 Å². The van der Waals surface area contributed by atoms with Crippen LogP contribution in [0.5, 0.6) is 0 Å². The Morgan fingerprint density at radius 2 is 2.44 bits per heavy atom. The van der Waals surface area contributed by atoms with Crippen molar-refractivity contribution >= 4 is 0 Å². The van der Waals surface area contributed by atoms with E-state index in [1.807, 2.05) is 6.08 Å². The predicted octanol–water partition coefficient (Wildman–Crippen LogP) is 2.26. The van der Waals surface area contributed by atoms with Gasteiger partial charge >= 0.3 is 0 Å². The lowest BCUT2D eigenvalue weighted by molar-refractivity contribution is 0.0827. The van der Waals surface area contributed by atoms with Gasteiger partial charge in [0.15, 0.2) is 0 Å². The Bertz CT molecular complexity index is 154. The summed E-state index contributed by atoms with van der Waals surface area (Å²) in [5.74, 6) is 0. The standard InChI is InChI=1S/C8H12O/c1-4-7-5-8(2,3)9-6-7/h4,6H,1,5H2,2-3H3. The fourth-order valence-corrected chi connectivity index (χ4v) is 0.930. The van der Waals surface area contributed by atoms with E-state index in [-0.39, 0.29) is 5.60 Å². The van der Waals surface area contributed by atoms with Crippen LogP contribution < -0.4 is 0 Å². The van der Waals surface area contributed by atoms with E-state index >= 15 is 0 Å². The summed E-state index contributed by atoms with van der Waals surface area (Å²) < 4.78 is 5.31. The maximum Gasteiger partial charge on any atom is 0.107 e. The average Bonchev–Trinajstić information content (AvgIpc) is 2.10. The molecule has 1 heterocycles. The zero-order valence-electron chi connectivity index (χ0n) is 5.98. The molecule has 0 aromatic heterocycles. The van der Waals surface area contributed by atoms with Crippen LogP contribution in [0, 0.1) is 0 Å². The van der Waals surface area contributed by atoms with Gasteiger partial charge in [-0.1, -0.05) is 12.7 Å². The quantitative estimate of drug-likeness (QED) is 0.521. The van der Waals surface area contributed by atoms with Crippen molar-refractivity contribution in [3.8, 4) is 0 Å². The van der Waals surface area contributed by atoms with Crippen molar-refractivity contribution in [1.82, 2.24) is 0 Å². The molecule has 0 aromatic rings. The first-order chi connectivity index (χ1) is 4.14. The van der Waals surface area contributed by atoms with Crippen molar-refractivity contribution in [2.45, 2.75) is 25.9 Å². The molecule has 0 aliphatic carbocycles. The minimum Gasteiger partial charge on any atom is -0.495 e. The van der Waals surface area contributed by atoms with Crippen LogP contribution in [-0.4, -0.2) is 5.60 Å². The molecule has 0 saturated carbocycles. The number of hydrogen-bond donors (Lipinski definition) is 0. The summed E-state index contributed by atoms with van der Waals surface area (Å²) in [6, 6.07) is 0. The molecule has 1 rings (SSSR count). The van der Waals surface area contributed by atoms with Crippen molar-refractivity contribution in [3.05, 3.63) is 24.5 Å². The summed E-state index contributed by atoms with van der Waals surface area (Å²) in [7, 11) is 0. The average molecular weight is 124 g/mol. The molecule has 9 heavy (non-hydrogen) atoms. The first kappa shape index (κ1) is 6.40. The van der Waals surface area contributed by atoms with Gasteiger partial charge in [0.1, 0.15) is 5.60 Å². The summed E-state index contributed by atoms with van der Waals surface area (Å²) in [5.41, 5.74) is 1.20. The predicted molar refractivity (Wildman–Crippen MR) is 38.1 cm³/mol. The van der Waals surface area contributed by atoms with Gasteiger partial charge in [0, 0.05) is 6.42 Å². The molecule has 1 aliphatic rings. The van der Waals surface area contributed by atoms with Gasteiger partial charge in [-0.25, -0.2) is 0 Å². The van der Waals surface area contributed by atoms with Crippen LogP contribution in [0.2, 0.25) is 0 Å². The van der Waals surface area contributed by atoms with Crippen LogP contribution in [0.3, 0.4) is 0 Å². The van der Waals surface area contributed by atoms with Crippen LogP contribution in [0.25, 0.3) is 0 Å². The Kier molecular flexibility index (Phi) is 1.35. The van der Waals surface area contributed by atoms with Gasteiger partial charge < -0.3 is 4.74 Å². The SMILES string of the molecule is C=CC1=COC(C)(C)C1. The first-order valence-corrected chi connectivity index (χ1v) is 3.13. The Balaban J connectivity index is 2.59. The number of rotatable bonds is 1. The molecule has 0 amide bonds. The van der Waals surface area contributed by atoms with E-state index in [4.69, 9.17) is 4.74 Å². The van der Waals surface area contributed by atoms with E-state index in [0.717, 1.165) is 6.42 Å².